The van der Waals surface area contributed by atoms with E-state index in [0.29, 0.717) is 30.2 Å². The Morgan fingerprint density at radius 2 is 1.96 bits per heavy atom. The number of ether oxygens (including phenoxy) is 1. The predicted octanol–water partition coefficient (Wildman–Crippen LogP) is 2.71. The van der Waals surface area contributed by atoms with Crippen LogP contribution in [0.1, 0.15) is 43.4 Å². The van der Waals surface area contributed by atoms with Crippen molar-refractivity contribution >= 4 is 11.9 Å². The van der Waals surface area contributed by atoms with Crippen LogP contribution in [0.25, 0.3) is 11.4 Å². The molecule has 1 heterocycles. The lowest BCUT2D eigenvalue weighted by molar-refractivity contribution is 0.0888. The zero-order valence-corrected chi connectivity index (χ0v) is 16.5. The van der Waals surface area contributed by atoms with Gasteiger partial charge in [-0.1, -0.05) is 17.3 Å². The number of carbonyl (C=O) groups excluding carboxylic acids is 1. The van der Waals surface area contributed by atoms with Crippen LogP contribution in [0.15, 0.2) is 28.8 Å². The Balaban J connectivity index is 1.87. The second-order valence-corrected chi connectivity index (χ2v) is 7.21. The highest BCUT2D eigenvalue weighted by atomic mass is 16.5. The molecule has 0 saturated heterocycles. The lowest BCUT2D eigenvalue weighted by Gasteiger charge is -2.26. The Hall–Kier alpha value is -2.90. The van der Waals surface area contributed by atoms with Gasteiger partial charge in [0.25, 0.3) is 11.9 Å². The highest BCUT2D eigenvalue weighted by Crippen LogP contribution is 2.17. The summed E-state index contributed by atoms with van der Waals surface area (Å²) in [6, 6.07) is 7.17. The van der Waals surface area contributed by atoms with E-state index in [-0.39, 0.29) is 17.5 Å². The van der Waals surface area contributed by atoms with E-state index in [9.17, 15) is 4.79 Å². The van der Waals surface area contributed by atoms with Crippen molar-refractivity contribution in [3.05, 3.63) is 35.7 Å². The second kappa shape index (κ2) is 8.66. The van der Waals surface area contributed by atoms with Gasteiger partial charge in [-0.3, -0.25) is 10.2 Å². The molecule has 0 aliphatic carbocycles. The molecule has 0 saturated carbocycles. The summed E-state index contributed by atoms with van der Waals surface area (Å²) in [5.41, 5.74) is 0.975. The van der Waals surface area contributed by atoms with Crippen molar-refractivity contribution in [3.8, 4) is 11.4 Å². The van der Waals surface area contributed by atoms with Gasteiger partial charge in [-0.25, -0.2) is 0 Å². The van der Waals surface area contributed by atoms with Crippen molar-refractivity contribution in [3.63, 3.8) is 0 Å². The standard InChI is InChI=1S/C19H27N5O3/c1-19(2,3)26-18(20)24(5)12-6-7-15-22-16(23-27-15)13-8-10-14(11-9-13)17(25)21-4/h8-11,20H,6-7,12H2,1-5H3,(H,21,25). The van der Waals surface area contributed by atoms with Gasteiger partial charge < -0.3 is 19.5 Å². The van der Waals surface area contributed by atoms with E-state index in [2.05, 4.69) is 15.5 Å². The summed E-state index contributed by atoms with van der Waals surface area (Å²) in [5, 5.41) is 14.5. The topological polar surface area (TPSA) is 104 Å². The summed E-state index contributed by atoms with van der Waals surface area (Å²) in [6.07, 6.45) is 1.36. The molecule has 27 heavy (non-hydrogen) atoms. The predicted molar refractivity (Wildman–Crippen MR) is 103 cm³/mol. The number of carbonyl (C=O) groups is 1. The summed E-state index contributed by atoms with van der Waals surface area (Å²) >= 11 is 0. The molecule has 2 aromatic rings. The summed E-state index contributed by atoms with van der Waals surface area (Å²) in [6.45, 7) is 6.39. The Labute approximate surface area is 159 Å². The van der Waals surface area contributed by atoms with Crippen LogP contribution in [-0.2, 0) is 11.2 Å². The van der Waals surface area contributed by atoms with Gasteiger partial charge in [0.05, 0.1) is 0 Å². The molecule has 0 radical (unpaired) electrons. The highest BCUT2D eigenvalue weighted by molar-refractivity contribution is 5.94. The molecule has 1 aromatic heterocycles. The summed E-state index contributed by atoms with van der Waals surface area (Å²) in [5.74, 6) is 0.892. The van der Waals surface area contributed by atoms with Gasteiger partial charge in [0.1, 0.15) is 5.60 Å². The van der Waals surface area contributed by atoms with Crippen molar-refractivity contribution in [2.75, 3.05) is 20.6 Å². The molecule has 1 amide bonds. The molecule has 2 N–H and O–H groups in total. The Morgan fingerprint density at radius 3 is 2.56 bits per heavy atom. The third kappa shape index (κ3) is 6.09. The maximum Gasteiger partial charge on any atom is 0.284 e. The molecular weight excluding hydrogens is 346 g/mol. The molecule has 0 aliphatic heterocycles. The zero-order valence-electron chi connectivity index (χ0n) is 16.5. The second-order valence-electron chi connectivity index (χ2n) is 7.21. The molecule has 0 aliphatic rings. The molecule has 2 rings (SSSR count). The molecule has 0 atom stereocenters. The van der Waals surface area contributed by atoms with Crippen molar-refractivity contribution in [1.29, 1.82) is 5.41 Å². The van der Waals surface area contributed by atoms with Crippen LogP contribution in [0.3, 0.4) is 0 Å². The van der Waals surface area contributed by atoms with Gasteiger partial charge in [0.15, 0.2) is 0 Å². The quantitative estimate of drug-likeness (QED) is 0.596. The largest absolute Gasteiger partial charge is 0.460 e. The SMILES string of the molecule is CNC(=O)c1ccc(-c2noc(CCCN(C)C(=N)OC(C)(C)C)n2)cc1. The fourth-order valence-electron chi connectivity index (χ4n) is 2.33. The molecule has 1 aromatic carbocycles. The van der Waals surface area contributed by atoms with Crippen LogP contribution < -0.4 is 5.32 Å². The average molecular weight is 373 g/mol. The van der Waals surface area contributed by atoms with E-state index in [1.54, 1.807) is 36.2 Å². The number of amidine groups is 1. The van der Waals surface area contributed by atoms with Crippen LogP contribution >= 0.6 is 0 Å². The van der Waals surface area contributed by atoms with Gasteiger partial charge in [0.2, 0.25) is 11.7 Å². The van der Waals surface area contributed by atoms with Crippen molar-refractivity contribution < 1.29 is 14.1 Å². The molecule has 8 heteroatoms. The Morgan fingerprint density at radius 1 is 1.30 bits per heavy atom. The van der Waals surface area contributed by atoms with E-state index < -0.39 is 0 Å². The summed E-state index contributed by atoms with van der Waals surface area (Å²) < 4.78 is 10.8. The number of hydrogen-bond donors (Lipinski definition) is 2. The first kappa shape index (κ1) is 20.4. The number of nitrogens with one attached hydrogen (secondary N) is 2. The number of nitrogens with zero attached hydrogens (tertiary/aromatic N) is 3. The molecule has 146 valence electrons. The van der Waals surface area contributed by atoms with Gasteiger partial charge in [-0.15, -0.1) is 0 Å². The first-order valence-corrected chi connectivity index (χ1v) is 8.83. The van der Waals surface area contributed by atoms with E-state index in [0.717, 1.165) is 12.0 Å². The van der Waals surface area contributed by atoms with Gasteiger partial charge in [-0.2, -0.15) is 4.98 Å². The van der Waals surface area contributed by atoms with Crippen LogP contribution in [0.2, 0.25) is 0 Å². The summed E-state index contributed by atoms with van der Waals surface area (Å²) in [7, 11) is 3.41. The number of aryl methyl sites for hydroxylation is 1. The first-order chi connectivity index (χ1) is 12.7. The minimum absolute atomic E-state index is 0.138. The maximum absolute atomic E-state index is 11.6. The van der Waals surface area contributed by atoms with Crippen LogP contribution in [0.5, 0.6) is 0 Å². The lowest BCUT2D eigenvalue weighted by Crippen LogP contribution is -2.35. The third-order valence-corrected chi connectivity index (χ3v) is 3.73. The molecule has 8 nitrogen and oxygen atoms in total. The van der Waals surface area contributed by atoms with Crippen molar-refractivity contribution in [2.45, 2.75) is 39.2 Å². The number of rotatable bonds is 6. The maximum atomic E-state index is 11.6. The molecule has 0 fully saturated rings. The van der Waals surface area contributed by atoms with Gasteiger partial charge in [0, 0.05) is 38.2 Å². The fourth-order valence-corrected chi connectivity index (χ4v) is 2.33. The first-order valence-electron chi connectivity index (χ1n) is 8.83. The fraction of sp³-hybridized carbons (Fsp3) is 0.474. The summed E-state index contributed by atoms with van der Waals surface area (Å²) in [4.78, 5) is 17.7. The number of benzene rings is 1. The van der Waals surface area contributed by atoms with Crippen LogP contribution in [0, 0.1) is 5.41 Å². The van der Waals surface area contributed by atoms with Crippen LogP contribution in [-0.4, -0.2) is 53.2 Å². The van der Waals surface area contributed by atoms with Gasteiger partial charge in [-0.05, 0) is 39.3 Å². The Bertz CT molecular complexity index is 777. The number of aromatic nitrogens is 2. The molecule has 0 spiro atoms. The minimum Gasteiger partial charge on any atom is -0.460 e. The third-order valence-electron chi connectivity index (χ3n) is 3.73. The van der Waals surface area contributed by atoms with Crippen molar-refractivity contribution in [2.24, 2.45) is 0 Å². The zero-order chi connectivity index (χ0) is 20.0. The van der Waals surface area contributed by atoms with E-state index >= 15 is 0 Å². The lowest BCUT2D eigenvalue weighted by atomic mass is 10.1. The minimum atomic E-state index is -0.389. The average Bonchev–Trinajstić information content (AvgIpc) is 3.08. The smallest absolute Gasteiger partial charge is 0.284 e. The van der Waals surface area contributed by atoms with Crippen LogP contribution in [0.4, 0.5) is 0 Å². The van der Waals surface area contributed by atoms with E-state index in [1.165, 1.54) is 0 Å². The van der Waals surface area contributed by atoms with Gasteiger partial charge >= 0.3 is 0 Å². The Kier molecular flexibility index (Phi) is 6.55. The monoisotopic (exact) mass is 373 g/mol. The normalized spacial score (nSPS) is 11.1. The number of hydrogen-bond acceptors (Lipinski definition) is 6. The van der Waals surface area contributed by atoms with Crippen molar-refractivity contribution in [1.82, 2.24) is 20.4 Å². The highest BCUT2D eigenvalue weighted by Gasteiger charge is 2.17. The van der Waals surface area contributed by atoms with E-state index in [1.807, 2.05) is 27.8 Å². The molecular formula is C19H27N5O3. The molecule has 0 unspecified atom stereocenters. The number of amides is 1. The molecule has 0 bridgehead atoms. The van der Waals surface area contributed by atoms with E-state index in [4.69, 9.17) is 14.7 Å².